The summed E-state index contributed by atoms with van der Waals surface area (Å²) in [5.41, 5.74) is 3.86. The molecule has 0 saturated heterocycles. The molecule has 2 aromatic rings. The Morgan fingerprint density at radius 1 is 0.900 bits per heavy atom. The summed E-state index contributed by atoms with van der Waals surface area (Å²) in [4.78, 5) is 0. The molecule has 1 heterocycles. The van der Waals surface area contributed by atoms with Gasteiger partial charge >= 0.3 is 0 Å². The molecule has 0 unspecified atom stereocenters. The quantitative estimate of drug-likeness (QED) is 0.858. The fraction of sp³-hybridized carbons (Fsp3) is 0.333. The van der Waals surface area contributed by atoms with Gasteiger partial charge in [0.15, 0.2) is 11.5 Å². The van der Waals surface area contributed by atoms with E-state index in [-0.39, 0.29) is 0 Å². The van der Waals surface area contributed by atoms with E-state index in [1.165, 1.54) is 0 Å². The van der Waals surface area contributed by atoms with E-state index in [2.05, 4.69) is 10.2 Å². The van der Waals surface area contributed by atoms with Crippen LogP contribution in [0.3, 0.4) is 0 Å². The van der Waals surface area contributed by atoms with Crippen molar-refractivity contribution in [2.24, 2.45) is 0 Å². The fourth-order valence-corrected chi connectivity index (χ4v) is 2.02. The number of methoxy groups -OCH3 is 3. The molecule has 5 nitrogen and oxygen atoms in total. The molecule has 0 radical (unpaired) electrons. The maximum absolute atomic E-state index is 5.36. The van der Waals surface area contributed by atoms with Gasteiger partial charge in [-0.3, -0.25) is 0 Å². The Kier molecular flexibility index (Phi) is 4.08. The van der Waals surface area contributed by atoms with E-state index in [1.807, 2.05) is 26.0 Å². The summed E-state index contributed by atoms with van der Waals surface area (Å²) >= 11 is 0. The van der Waals surface area contributed by atoms with Gasteiger partial charge in [0.1, 0.15) is 0 Å². The lowest BCUT2D eigenvalue weighted by molar-refractivity contribution is 0.324. The van der Waals surface area contributed by atoms with Crippen LogP contribution in [0.4, 0.5) is 0 Å². The van der Waals surface area contributed by atoms with Crippen molar-refractivity contribution in [3.8, 4) is 28.5 Å². The highest BCUT2D eigenvalue weighted by Crippen LogP contribution is 2.41. The molecular weight excluding hydrogens is 256 g/mol. The summed E-state index contributed by atoms with van der Waals surface area (Å²) < 4.78 is 16.0. The first-order chi connectivity index (χ1) is 9.62. The van der Waals surface area contributed by atoms with Crippen LogP contribution in [0, 0.1) is 13.8 Å². The molecule has 0 aliphatic heterocycles. The van der Waals surface area contributed by atoms with Crippen LogP contribution in [0.1, 0.15) is 11.1 Å². The van der Waals surface area contributed by atoms with Crippen LogP contribution < -0.4 is 14.2 Å². The van der Waals surface area contributed by atoms with Crippen LogP contribution in [0.5, 0.6) is 17.2 Å². The van der Waals surface area contributed by atoms with Gasteiger partial charge in [-0.15, -0.1) is 0 Å². The molecule has 1 aromatic carbocycles. The van der Waals surface area contributed by atoms with Gasteiger partial charge in [-0.2, -0.15) is 10.2 Å². The molecule has 0 aliphatic rings. The molecule has 0 atom stereocenters. The highest BCUT2D eigenvalue weighted by molar-refractivity contribution is 5.70. The zero-order chi connectivity index (χ0) is 14.7. The van der Waals surface area contributed by atoms with E-state index >= 15 is 0 Å². The monoisotopic (exact) mass is 274 g/mol. The Balaban J connectivity index is 2.66. The van der Waals surface area contributed by atoms with Crippen molar-refractivity contribution in [3.05, 3.63) is 29.5 Å². The van der Waals surface area contributed by atoms with E-state index < -0.39 is 0 Å². The minimum absolute atomic E-state index is 0.567. The zero-order valence-corrected chi connectivity index (χ0v) is 12.4. The molecule has 0 fully saturated rings. The zero-order valence-electron chi connectivity index (χ0n) is 12.4. The number of hydrogen-bond acceptors (Lipinski definition) is 5. The predicted octanol–water partition coefficient (Wildman–Crippen LogP) is 2.79. The fourth-order valence-electron chi connectivity index (χ4n) is 2.02. The van der Waals surface area contributed by atoms with Crippen molar-refractivity contribution >= 4 is 0 Å². The molecule has 20 heavy (non-hydrogen) atoms. The largest absolute Gasteiger partial charge is 0.493 e. The summed E-state index contributed by atoms with van der Waals surface area (Å²) in [5.74, 6) is 1.77. The van der Waals surface area contributed by atoms with Crippen LogP contribution in [-0.2, 0) is 0 Å². The summed E-state index contributed by atoms with van der Waals surface area (Å²) in [6.45, 7) is 4.02. The third-order valence-corrected chi connectivity index (χ3v) is 3.29. The van der Waals surface area contributed by atoms with Gasteiger partial charge in [-0.05, 0) is 37.1 Å². The van der Waals surface area contributed by atoms with E-state index in [0.29, 0.717) is 17.2 Å². The van der Waals surface area contributed by atoms with Crippen LogP contribution in [0.15, 0.2) is 18.3 Å². The first kappa shape index (κ1) is 14.1. The number of rotatable bonds is 4. The minimum Gasteiger partial charge on any atom is -0.493 e. The standard InChI is InChI=1S/C15H18N2O3/c1-9-8-16-17-14(10(9)2)11-6-12(18-3)15(20-5)13(7-11)19-4/h6-8H,1-5H3. The third-order valence-electron chi connectivity index (χ3n) is 3.29. The van der Waals surface area contributed by atoms with Crippen molar-refractivity contribution < 1.29 is 14.2 Å². The molecule has 0 N–H and O–H groups in total. The van der Waals surface area contributed by atoms with E-state index in [4.69, 9.17) is 14.2 Å². The van der Waals surface area contributed by atoms with E-state index in [0.717, 1.165) is 22.4 Å². The molecular formula is C15H18N2O3. The van der Waals surface area contributed by atoms with Gasteiger partial charge in [0.2, 0.25) is 5.75 Å². The molecule has 5 heteroatoms. The number of benzene rings is 1. The number of ether oxygens (including phenoxy) is 3. The lowest BCUT2D eigenvalue weighted by atomic mass is 10.0. The summed E-state index contributed by atoms with van der Waals surface area (Å²) in [6, 6.07) is 3.75. The van der Waals surface area contributed by atoms with Crippen LogP contribution in [-0.4, -0.2) is 31.5 Å². The number of aryl methyl sites for hydroxylation is 1. The Bertz CT molecular complexity index is 602. The predicted molar refractivity (Wildman–Crippen MR) is 76.6 cm³/mol. The normalized spacial score (nSPS) is 10.2. The smallest absolute Gasteiger partial charge is 0.203 e. The van der Waals surface area contributed by atoms with Gasteiger partial charge < -0.3 is 14.2 Å². The third kappa shape index (κ3) is 2.39. The molecule has 106 valence electrons. The van der Waals surface area contributed by atoms with Crippen molar-refractivity contribution in [3.63, 3.8) is 0 Å². The number of aromatic nitrogens is 2. The molecule has 1 aromatic heterocycles. The second-order valence-corrected chi connectivity index (χ2v) is 4.42. The van der Waals surface area contributed by atoms with E-state index in [1.54, 1.807) is 27.5 Å². The van der Waals surface area contributed by atoms with Gasteiger partial charge in [0.05, 0.1) is 33.2 Å². The SMILES string of the molecule is COc1cc(-c2nncc(C)c2C)cc(OC)c1OC. The van der Waals surface area contributed by atoms with Gasteiger partial charge in [-0.25, -0.2) is 0 Å². The maximum atomic E-state index is 5.36. The topological polar surface area (TPSA) is 53.5 Å². The first-order valence-corrected chi connectivity index (χ1v) is 6.21. The summed E-state index contributed by atoms with van der Waals surface area (Å²) in [6.07, 6.45) is 1.75. The average molecular weight is 274 g/mol. The molecule has 0 spiro atoms. The summed E-state index contributed by atoms with van der Waals surface area (Å²) in [7, 11) is 4.77. The van der Waals surface area contributed by atoms with Crippen molar-refractivity contribution in [1.29, 1.82) is 0 Å². The van der Waals surface area contributed by atoms with Crippen LogP contribution in [0.25, 0.3) is 11.3 Å². The van der Waals surface area contributed by atoms with Gasteiger partial charge in [0.25, 0.3) is 0 Å². The Hall–Kier alpha value is -2.30. The highest BCUT2D eigenvalue weighted by atomic mass is 16.5. The van der Waals surface area contributed by atoms with Crippen molar-refractivity contribution in [2.75, 3.05) is 21.3 Å². The number of nitrogens with zero attached hydrogens (tertiary/aromatic N) is 2. The average Bonchev–Trinajstić information content (AvgIpc) is 2.48. The Labute approximate surface area is 118 Å². The lowest BCUT2D eigenvalue weighted by Crippen LogP contribution is -1.98. The molecule has 0 amide bonds. The second-order valence-electron chi connectivity index (χ2n) is 4.42. The minimum atomic E-state index is 0.567. The van der Waals surface area contributed by atoms with E-state index in [9.17, 15) is 0 Å². The Morgan fingerprint density at radius 3 is 2.00 bits per heavy atom. The molecule has 2 rings (SSSR count). The second kappa shape index (κ2) is 5.77. The highest BCUT2D eigenvalue weighted by Gasteiger charge is 2.16. The van der Waals surface area contributed by atoms with Crippen molar-refractivity contribution in [1.82, 2.24) is 10.2 Å². The van der Waals surface area contributed by atoms with Crippen LogP contribution in [0.2, 0.25) is 0 Å². The van der Waals surface area contributed by atoms with Crippen molar-refractivity contribution in [2.45, 2.75) is 13.8 Å². The first-order valence-electron chi connectivity index (χ1n) is 6.21. The van der Waals surface area contributed by atoms with Gasteiger partial charge in [0, 0.05) is 5.56 Å². The lowest BCUT2D eigenvalue weighted by Gasteiger charge is -2.14. The molecule has 0 aliphatic carbocycles. The van der Waals surface area contributed by atoms with Crippen LogP contribution >= 0.6 is 0 Å². The molecule has 0 bridgehead atoms. The molecule has 0 saturated carbocycles. The maximum Gasteiger partial charge on any atom is 0.203 e. The summed E-state index contributed by atoms with van der Waals surface area (Å²) in [5, 5.41) is 8.23. The van der Waals surface area contributed by atoms with Gasteiger partial charge in [-0.1, -0.05) is 0 Å². The Morgan fingerprint density at radius 2 is 1.50 bits per heavy atom. The number of hydrogen-bond donors (Lipinski definition) is 0.